The van der Waals surface area contributed by atoms with Crippen LogP contribution in [0.4, 0.5) is 4.79 Å². The van der Waals surface area contributed by atoms with Crippen molar-refractivity contribution in [2.45, 2.75) is 37.7 Å². The highest BCUT2D eigenvalue weighted by molar-refractivity contribution is 5.71. The van der Waals surface area contributed by atoms with Crippen molar-refractivity contribution < 1.29 is 9.53 Å². The number of carbonyl (C=O) groups excluding carboxylic acids is 1. The summed E-state index contributed by atoms with van der Waals surface area (Å²) in [5, 5.41) is 2.79. The van der Waals surface area contributed by atoms with Gasteiger partial charge in [0.1, 0.15) is 0 Å². The summed E-state index contributed by atoms with van der Waals surface area (Å²) < 4.78 is 5.56. The number of nitrogens with one attached hydrogen (secondary N) is 1. The first-order chi connectivity index (χ1) is 8.04. The van der Waals surface area contributed by atoms with Gasteiger partial charge in [0.25, 0.3) is 0 Å². The van der Waals surface area contributed by atoms with Gasteiger partial charge >= 0.3 is 6.09 Å². The largest absolute Gasteiger partial charge is 0.436 e. The fourth-order valence-corrected chi connectivity index (χ4v) is 3.01. The van der Waals surface area contributed by atoms with Crippen LogP contribution in [0.25, 0.3) is 0 Å². The zero-order valence-electron chi connectivity index (χ0n) is 10.2. The van der Waals surface area contributed by atoms with Crippen LogP contribution in [0.3, 0.4) is 0 Å². The molecule has 3 nitrogen and oxygen atoms in total. The topological polar surface area (TPSA) is 38.3 Å². The van der Waals surface area contributed by atoms with E-state index in [0.717, 1.165) is 12.8 Å². The summed E-state index contributed by atoms with van der Waals surface area (Å²) in [6.45, 7) is 5.10. The van der Waals surface area contributed by atoms with Gasteiger partial charge in [0.2, 0.25) is 0 Å². The fourth-order valence-electron chi connectivity index (χ4n) is 3.01. The van der Waals surface area contributed by atoms with Crippen LogP contribution < -0.4 is 5.32 Å². The summed E-state index contributed by atoms with van der Waals surface area (Å²) in [6.07, 6.45) is 1.65. The molecule has 1 aliphatic heterocycles. The molecule has 2 aliphatic rings. The summed E-state index contributed by atoms with van der Waals surface area (Å²) in [6, 6.07) is 8.33. The number of fused-ring (bicyclic) bond motifs is 2. The molecule has 1 N–H and O–H groups in total. The second-order valence-corrected chi connectivity index (χ2v) is 5.67. The van der Waals surface area contributed by atoms with E-state index < -0.39 is 5.60 Å². The molecule has 1 amide bonds. The van der Waals surface area contributed by atoms with E-state index in [0.29, 0.717) is 6.54 Å². The molecule has 0 saturated carbocycles. The average molecular weight is 231 g/mol. The van der Waals surface area contributed by atoms with E-state index in [1.165, 1.54) is 11.1 Å². The van der Waals surface area contributed by atoms with Crippen LogP contribution in [0.15, 0.2) is 24.3 Å². The average Bonchev–Trinajstić information content (AvgIpc) is 2.69. The first kappa shape index (κ1) is 10.6. The molecule has 3 rings (SSSR count). The summed E-state index contributed by atoms with van der Waals surface area (Å²) in [4.78, 5) is 11.4. The van der Waals surface area contributed by atoms with Gasteiger partial charge < -0.3 is 10.1 Å². The van der Waals surface area contributed by atoms with Crippen LogP contribution in [0.1, 0.15) is 37.8 Å². The summed E-state index contributed by atoms with van der Waals surface area (Å²) in [5.41, 5.74) is 2.22. The predicted octanol–water partition coefficient (Wildman–Crippen LogP) is 2.69. The SMILES string of the molecule is CC1(C)CCC2(CNC(=O)O2)c2ccccc21. The van der Waals surface area contributed by atoms with E-state index in [9.17, 15) is 4.79 Å². The van der Waals surface area contributed by atoms with Crippen LogP contribution in [0.5, 0.6) is 0 Å². The summed E-state index contributed by atoms with van der Waals surface area (Å²) in [7, 11) is 0. The lowest BCUT2D eigenvalue weighted by Gasteiger charge is -2.41. The third kappa shape index (κ3) is 1.45. The van der Waals surface area contributed by atoms with Gasteiger partial charge in [0, 0.05) is 5.56 Å². The predicted molar refractivity (Wildman–Crippen MR) is 64.9 cm³/mol. The van der Waals surface area contributed by atoms with Crippen molar-refractivity contribution in [1.29, 1.82) is 0 Å². The highest BCUT2D eigenvalue weighted by Gasteiger charge is 2.48. The van der Waals surface area contributed by atoms with Crippen molar-refractivity contribution in [3.63, 3.8) is 0 Å². The summed E-state index contributed by atoms with van der Waals surface area (Å²) in [5.74, 6) is 0. The van der Waals surface area contributed by atoms with Crippen LogP contribution in [0, 0.1) is 0 Å². The molecule has 17 heavy (non-hydrogen) atoms. The molecule has 1 aliphatic carbocycles. The van der Waals surface area contributed by atoms with Crippen LogP contribution in [-0.2, 0) is 15.8 Å². The fraction of sp³-hybridized carbons (Fsp3) is 0.500. The van der Waals surface area contributed by atoms with Crippen molar-refractivity contribution in [3.8, 4) is 0 Å². The number of hydrogen-bond acceptors (Lipinski definition) is 2. The quantitative estimate of drug-likeness (QED) is 0.745. The monoisotopic (exact) mass is 231 g/mol. The molecule has 1 heterocycles. The number of amides is 1. The van der Waals surface area contributed by atoms with Gasteiger partial charge in [-0.25, -0.2) is 4.79 Å². The Morgan fingerprint density at radius 2 is 1.88 bits per heavy atom. The molecular weight excluding hydrogens is 214 g/mol. The maximum Gasteiger partial charge on any atom is 0.408 e. The Morgan fingerprint density at radius 1 is 1.18 bits per heavy atom. The van der Waals surface area contributed by atoms with Gasteiger partial charge in [-0.15, -0.1) is 0 Å². The standard InChI is InChI=1S/C14H17NO2/c1-13(2)7-8-14(9-15-12(16)17-14)11-6-4-3-5-10(11)13/h3-6H,7-9H2,1-2H3,(H,15,16). The number of ether oxygens (including phenoxy) is 1. The molecule has 1 aromatic rings. The van der Waals surface area contributed by atoms with Crippen molar-refractivity contribution in [2.24, 2.45) is 0 Å². The highest BCUT2D eigenvalue weighted by Crippen LogP contribution is 2.47. The minimum Gasteiger partial charge on any atom is -0.436 e. The number of rotatable bonds is 0. The molecule has 1 atom stereocenters. The van der Waals surface area contributed by atoms with Gasteiger partial charge in [0.15, 0.2) is 5.60 Å². The third-order valence-electron chi connectivity index (χ3n) is 4.11. The molecule has 0 aromatic heterocycles. The molecule has 3 heteroatoms. The molecule has 1 saturated heterocycles. The number of hydrogen-bond donors (Lipinski definition) is 1. The normalized spacial score (nSPS) is 29.6. The van der Waals surface area contributed by atoms with Crippen molar-refractivity contribution in [3.05, 3.63) is 35.4 Å². The lowest BCUT2D eigenvalue weighted by molar-refractivity contribution is 0.0305. The van der Waals surface area contributed by atoms with Crippen molar-refractivity contribution >= 4 is 6.09 Å². The van der Waals surface area contributed by atoms with Gasteiger partial charge in [-0.2, -0.15) is 0 Å². The smallest absolute Gasteiger partial charge is 0.408 e. The first-order valence-electron chi connectivity index (χ1n) is 6.10. The lowest BCUT2D eigenvalue weighted by atomic mass is 9.67. The van der Waals surface area contributed by atoms with Crippen LogP contribution in [-0.4, -0.2) is 12.6 Å². The lowest BCUT2D eigenvalue weighted by Crippen LogP contribution is -2.40. The second-order valence-electron chi connectivity index (χ2n) is 5.67. The van der Waals surface area contributed by atoms with Crippen LogP contribution >= 0.6 is 0 Å². The van der Waals surface area contributed by atoms with Gasteiger partial charge in [-0.1, -0.05) is 38.1 Å². The Balaban J connectivity index is 2.15. The van der Waals surface area contributed by atoms with E-state index in [1.54, 1.807) is 0 Å². The zero-order valence-corrected chi connectivity index (χ0v) is 10.2. The van der Waals surface area contributed by atoms with Gasteiger partial charge in [-0.05, 0) is 23.8 Å². The minimum absolute atomic E-state index is 0.164. The van der Waals surface area contributed by atoms with E-state index in [4.69, 9.17) is 4.74 Å². The Bertz CT molecular complexity index is 481. The first-order valence-corrected chi connectivity index (χ1v) is 6.10. The van der Waals surface area contributed by atoms with E-state index in [-0.39, 0.29) is 11.5 Å². The van der Waals surface area contributed by atoms with Crippen LogP contribution in [0.2, 0.25) is 0 Å². The summed E-state index contributed by atoms with van der Waals surface area (Å²) >= 11 is 0. The highest BCUT2D eigenvalue weighted by atomic mass is 16.6. The van der Waals surface area contributed by atoms with E-state index >= 15 is 0 Å². The van der Waals surface area contributed by atoms with E-state index in [2.05, 4.69) is 37.4 Å². The molecule has 90 valence electrons. The zero-order chi connectivity index (χ0) is 12.1. The number of alkyl carbamates (subject to hydrolysis) is 1. The molecule has 1 spiro atoms. The maximum absolute atomic E-state index is 11.4. The minimum atomic E-state index is -0.427. The molecule has 1 aromatic carbocycles. The molecule has 0 bridgehead atoms. The van der Waals surface area contributed by atoms with Gasteiger partial charge in [-0.3, -0.25) is 0 Å². The molecular formula is C14H17NO2. The Labute approximate surface area is 101 Å². The van der Waals surface area contributed by atoms with Crippen molar-refractivity contribution in [2.75, 3.05) is 6.54 Å². The van der Waals surface area contributed by atoms with Gasteiger partial charge in [0.05, 0.1) is 6.54 Å². The Morgan fingerprint density at radius 3 is 2.53 bits per heavy atom. The Kier molecular flexibility index (Phi) is 2.03. The second kappa shape index (κ2) is 3.25. The van der Waals surface area contributed by atoms with Crippen molar-refractivity contribution in [1.82, 2.24) is 5.32 Å². The molecule has 1 fully saturated rings. The maximum atomic E-state index is 11.4. The Hall–Kier alpha value is -1.51. The third-order valence-corrected chi connectivity index (χ3v) is 4.11. The molecule has 1 unspecified atom stereocenters. The van der Waals surface area contributed by atoms with E-state index in [1.807, 2.05) is 6.07 Å². The molecule has 0 radical (unpaired) electrons. The number of benzene rings is 1. The number of carbonyl (C=O) groups is 1.